The van der Waals surface area contributed by atoms with Crippen LogP contribution in [0.3, 0.4) is 0 Å². The van der Waals surface area contributed by atoms with Gasteiger partial charge in [0.1, 0.15) is 17.5 Å². The fraction of sp³-hybridized carbons (Fsp3) is 0.632. The van der Waals surface area contributed by atoms with Crippen LogP contribution in [0, 0.1) is 0 Å². The lowest BCUT2D eigenvalue weighted by atomic mass is 10.2. The summed E-state index contributed by atoms with van der Waals surface area (Å²) in [5.41, 5.74) is 1.43. The van der Waals surface area contributed by atoms with E-state index in [1.54, 1.807) is 22.9 Å². The van der Waals surface area contributed by atoms with Gasteiger partial charge >= 0.3 is 6.09 Å². The Morgan fingerprint density at radius 2 is 2.00 bits per heavy atom. The van der Waals surface area contributed by atoms with E-state index in [0.29, 0.717) is 25.4 Å². The summed E-state index contributed by atoms with van der Waals surface area (Å²) in [4.78, 5) is 31.8. The molecule has 1 fully saturated rings. The molecule has 0 bridgehead atoms. The first kappa shape index (κ1) is 18.5. The lowest BCUT2D eigenvalue weighted by Crippen LogP contribution is -2.39. The SMILES string of the molecule is CC(=O)N1Cc2cc(O[C@@H]3C[C@H](C)N(C(=O)OC(C)(C)C)C3)cnc2C1. The van der Waals surface area contributed by atoms with Crippen LogP contribution in [0.2, 0.25) is 0 Å². The number of nitrogens with zero attached hydrogens (tertiary/aromatic N) is 3. The molecule has 7 nitrogen and oxygen atoms in total. The number of fused-ring (bicyclic) bond motifs is 1. The number of likely N-dealkylation sites (tertiary alicyclic amines) is 1. The Morgan fingerprint density at radius 3 is 2.65 bits per heavy atom. The number of ether oxygens (including phenoxy) is 2. The zero-order valence-electron chi connectivity index (χ0n) is 16.1. The Morgan fingerprint density at radius 1 is 1.27 bits per heavy atom. The van der Waals surface area contributed by atoms with Gasteiger partial charge in [0.2, 0.25) is 5.91 Å². The molecular formula is C19H27N3O4. The van der Waals surface area contributed by atoms with Crippen LogP contribution in [0.15, 0.2) is 12.3 Å². The van der Waals surface area contributed by atoms with Crippen molar-refractivity contribution >= 4 is 12.0 Å². The molecule has 7 heteroatoms. The van der Waals surface area contributed by atoms with Crippen molar-refractivity contribution in [2.24, 2.45) is 0 Å². The average molecular weight is 361 g/mol. The fourth-order valence-electron chi connectivity index (χ4n) is 3.36. The highest BCUT2D eigenvalue weighted by atomic mass is 16.6. The second-order valence-corrected chi connectivity index (χ2v) is 8.11. The van der Waals surface area contributed by atoms with Gasteiger partial charge in [-0.2, -0.15) is 0 Å². The molecule has 1 saturated heterocycles. The molecule has 2 aliphatic heterocycles. The summed E-state index contributed by atoms with van der Waals surface area (Å²) in [6, 6.07) is 2.01. The van der Waals surface area contributed by atoms with Gasteiger partial charge in [-0.3, -0.25) is 9.78 Å². The van der Waals surface area contributed by atoms with E-state index in [-0.39, 0.29) is 24.1 Å². The molecule has 3 rings (SSSR count). The van der Waals surface area contributed by atoms with Crippen LogP contribution >= 0.6 is 0 Å². The van der Waals surface area contributed by atoms with E-state index in [9.17, 15) is 9.59 Å². The zero-order valence-corrected chi connectivity index (χ0v) is 16.1. The Bertz CT molecular complexity index is 713. The number of hydrogen-bond acceptors (Lipinski definition) is 5. The molecule has 0 saturated carbocycles. The molecule has 0 radical (unpaired) electrons. The van der Waals surface area contributed by atoms with Gasteiger partial charge in [0, 0.05) is 25.9 Å². The van der Waals surface area contributed by atoms with Gasteiger partial charge in [-0.15, -0.1) is 0 Å². The molecule has 1 aromatic rings. The van der Waals surface area contributed by atoms with Crippen molar-refractivity contribution in [1.29, 1.82) is 0 Å². The average Bonchev–Trinajstić information content (AvgIpc) is 3.08. The van der Waals surface area contributed by atoms with Crippen LogP contribution in [0.4, 0.5) is 4.79 Å². The normalized spacial score (nSPS) is 22.3. The number of hydrogen-bond donors (Lipinski definition) is 0. The molecule has 2 amide bonds. The minimum atomic E-state index is -0.512. The van der Waals surface area contributed by atoms with Gasteiger partial charge < -0.3 is 19.3 Å². The number of rotatable bonds is 2. The Hall–Kier alpha value is -2.31. The molecule has 2 aliphatic rings. The van der Waals surface area contributed by atoms with Crippen molar-refractivity contribution in [3.63, 3.8) is 0 Å². The quantitative estimate of drug-likeness (QED) is 0.810. The number of pyridine rings is 1. The van der Waals surface area contributed by atoms with Crippen molar-refractivity contribution in [3.05, 3.63) is 23.5 Å². The smallest absolute Gasteiger partial charge is 0.410 e. The molecule has 0 spiro atoms. The highest BCUT2D eigenvalue weighted by molar-refractivity contribution is 5.74. The third-order valence-corrected chi connectivity index (χ3v) is 4.65. The lowest BCUT2D eigenvalue weighted by molar-refractivity contribution is -0.129. The molecule has 3 heterocycles. The van der Waals surface area contributed by atoms with Crippen LogP contribution in [-0.4, -0.2) is 51.1 Å². The molecule has 0 aliphatic carbocycles. The Kier molecular flexibility index (Phi) is 4.82. The lowest BCUT2D eigenvalue weighted by Gasteiger charge is -2.26. The van der Waals surface area contributed by atoms with E-state index in [4.69, 9.17) is 9.47 Å². The van der Waals surface area contributed by atoms with E-state index < -0.39 is 5.60 Å². The summed E-state index contributed by atoms with van der Waals surface area (Å²) in [7, 11) is 0. The standard InChI is InChI=1S/C19H27N3O4/c1-12-6-16(10-22(12)18(24)26-19(3,4)5)25-15-7-14-9-21(13(2)23)11-17(14)20-8-15/h7-8,12,16H,6,9-11H2,1-5H3/t12-,16+/m0/s1. The molecule has 0 unspecified atom stereocenters. The molecule has 2 atom stereocenters. The van der Waals surface area contributed by atoms with Gasteiger partial charge in [0.25, 0.3) is 0 Å². The summed E-state index contributed by atoms with van der Waals surface area (Å²) in [5, 5.41) is 0. The second-order valence-electron chi connectivity index (χ2n) is 8.11. The highest BCUT2D eigenvalue weighted by Crippen LogP contribution is 2.28. The van der Waals surface area contributed by atoms with Crippen molar-refractivity contribution in [3.8, 4) is 5.75 Å². The minimum absolute atomic E-state index is 0.0445. The fourth-order valence-corrected chi connectivity index (χ4v) is 3.36. The van der Waals surface area contributed by atoms with E-state index in [1.807, 2.05) is 33.8 Å². The molecule has 26 heavy (non-hydrogen) atoms. The number of carbonyl (C=O) groups is 2. The van der Waals surface area contributed by atoms with Crippen molar-refractivity contribution < 1.29 is 19.1 Å². The Labute approximate surface area is 154 Å². The maximum absolute atomic E-state index is 12.3. The second kappa shape index (κ2) is 6.78. The zero-order chi connectivity index (χ0) is 19.1. The van der Waals surface area contributed by atoms with Gasteiger partial charge in [-0.05, 0) is 39.3 Å². The third-order valence-electron chi connectivity index (χ3n) is 4.65. The van der Waals surface area contributed by atoms with Gasteiger partial charge in [0.15, 0.2) is 0 Å². The van der Waals surface area contributed by atoms with Gasteiger partial charge in [0.05, 0.1) is 25.0 Å². The minimum Gasteiger partial charge on any atom is -0.487 e. The van der Waals surface area contributed by atoms with Crippen molar-refractivity contribution in [2.45, 2.75) is 71.9 Å². The van der Waals surface area contributed by atoms with Gasteiger partial charge in [-0.1, -0.05) is 0 Å². The van der Waals surface area contributed by atoms with Gasteiger partial charge in [-0.25, -0.2) is 4.79 Å². The molecular weight excluding hydrogens is 334 g/mol. The third kappa shape index (κ3) is 4.08. The molecule has 142 valence electrons. The van der Waals surface area contributed by atoms with E-state index >= 15 is 0 Å². The maximum atomic E-state index is 12.3. The first-order chi connectivity index (χ1) is 12.1. The molecule has 1 aromatic heterocycles. The van der Waals surface area contributed by atoms with E-state index in [2.05, 4.69) is 4.98 Å². The first-order valence-corrected chi connectivity index (χ1v) is 9.02. The summed E-state index contributed by atoms with van der Waals surface area (Å²) in [5.74, 6) is 0.723. The number of carbonyl (C=O) groups excluding carboxylic acids is 2. The first-order valence-electron chi connectivity index (χ1n) is 9.02. The van der Waals surface area contributed by atoms with Crippen molar-refractivity contribution in [1.82, 2.24) is 14.8 Å². The predicted molar refractivity (Wildman–Crippen MR) is 95.6 cm³/mol. The van der Waals surface area contributed by atoms with Crippen LogP contribution < -0.4 is 4.74 Å². The molecule has 0 aromatic carbocycles. The maximum Gasteiger partial charge on any atom is 0.410 e. The monoisotopic (exact) mass is 361 g/mol. The summed E-state index contributed by atoms with van der Waals surface area (Å²) in [6.07, 6.45) is 2.04. The van der Waals surface area contributed by atoms with Crippen LogP contribution in [0.5, 0.6) is 5.75 Å². The summed E-state index contributed by atoms with van der Waals surface area (Å²) < 4.78 is 11.5. The Balaban J connectivity index is 1.62. The number of amides is 2. The number of aromatic nitrogens is 1. The van der Waals surface area contributed by atoms with E-state index in [0.717, 1.165) is 17.7 Å². The molecule has 0 N–H and O–H groups in total. The predicted octanol–water partition coefficient (Wildman–Crippen LogP) is 2.72. The summed E-state index contributed by atoms with van der Waals surface area (Å²) >= 11 is 0. The van der Waals surface area contributed by atoms with E-state index in [1.165, 1.54) is 0 Å². The summed E-state index contributed by atoms with van der Waals surface area (Å²) in [6.45, 7) is 10.8. The topological polar surface area (TPSA) is 72.0 Å². The van der Waals surface area contributed by atoms with Crippen LogP contribution in [0.1, 0.15) is 52.3 Å². The highest BCUT2D eigenvalue weighted by Gasteiger charge is 2.36. The largest absolute Gasteiger partial charge is 0.487 e. The van der Waals surface area contributed by atoms with Crippen LogP contribution in [-0.2, 0) is 22.6 Å². The van der Waals surface area contributed by atoms with Crippen molar-refractivity contribution in [2.75, 3.05) is 6.54 Å². The van der Waals surface area contributed by atoms with Crippen LogP contribution in [0.25, 0.3) is 0 Å².